The van der Waals surface area contributed by atoms with Crippen molar-refractivity contribution < 1.29 is 13.2 Å². The fourth-order valence-electron chi connectivity index (χ4n) is 2.23. The minimum absolute atomic E-state index is 0.0163. The molecule has 0 aliphatic rings. The summed E-state index contributed by atoms with van der Waals surface area (Å²) < 4.78 is 24.5. The zero-order chi connectivity index (χ0) is 17.2. The number of carbonyl (C=O) groups excluding carboxylic acids is 1. The van der Waals surface area contributed by atoms with E-state index in [9.17, 15) is 13.2 Å². The van der Waals surface area contributed by atoms with Crippen molar-refractivity contribution in [2.45, 2.75) is 4.90 Å². The second-order valence-electron chi connectivity index (χ2n) is 4.75. The highest BCUT2D eigenvalue weighted by atomic mass is 35.5. The number of amides is 1. The third-order valence-electron chi connectivity index (χ3n) is 3.20. The van der Waals surface area contributed by atoms with Crippen LogP contribution in [0.3, 0.4) is 0 Å². The van der Waals surface area contributed by atoms with Gasteiger partial charge in [-0.2, -0.15) is 0 Å². The van der Waals surface area contributed by atoms with E-state index in [0.29, 0.717) is 16.1 Å². The molecule has 23 heavy (non-hydrogen) atoms. The molecule has 0 saturated heterocycles. The van der Waals surface area contributed by atoms with Crippen molar-refractivity contribution in [2.75, 3.05) is 6.26 Å². The van der Waals surface area contributed by atoms with Gasteiger partial charge in [-0.3, -0.25) is 4.79 Å². The van der Waals surface area contributed by atoms with Crippen molar-refractivity contribution in [3.8, 4) is 23.5 Å². The number of hydrogen-bond donors (Lipinski definition) is 0. The second kappa shape index (κ2) is 6.37. The summed E-state index contributed by atoms with van der Waals surface area (Å²) in [6, 6.07) is 9.62. The van der Waals surface area contributed by atoms with Crippen LogP contribution in [0, 0.1) is 12.3 Å². The molecule has 116 valence electrons. The van der Waals surface area contributed by atoms with Crippen molar-refractivity contribution >= 4 is 34.1 Å². The van der Waals surface area contributed by atoms with Gasteiger partial charge in [0.1, 0.15) is 0 Å². The van der Waals surface area contributed by atoms with E-state index in [1.165, 1.54) is 12.1 Å². The molecule has 0 radical (unpaired) electrons. The van der Waals surface area contributed by atoms with Crippen LogP contribution in [-0.2, 0) is 9.84 Å². The summed E-state index contributed by atoms with van der Waals surface area (Å²) >= 11 is 5.86. The lowest BCUT2D eigenvalue weighted by atomic mass is 9.98. The van der Waals surface area contributed by atoms with Gasteiger partial charge in [-0.15, -0.1) is 6.42 Å². The highest BCUT2D eigenvalue weighted by Gasteiger charge is 2.23. The zero-order valence-corrected chi connectivity index (χ0v) is 13.8. The Bertz CT molecular complexity index is 939. The fourth-order valence-corrected chi connectivity index (χ4v) is 3.48. The number of sulfone groups is 1. The maximum atomic E-state index is 12.3. The van der Waals surface area contributed by atoms with E-state index in [2.05, 4.69) is 17.6 Å². The van der Waals surface area contributed by atoms with Gasteiger partial charge in [0, 0.05) is 16.8 Å². The van der Waals surface area contributed by atoms with Crippen LogP contribution in [0.1, 0.15) is 15.9 Å². The predicted octanol–water partition coefficient (Wildman–Crippen LogP) is 3.23. The van der Waals surface area contributed by atoms with E-state index < -0.39 is 15.7 Å². The Balaban J connectivity index is 2.90. The summed E-state index contributed by atoms with van der Waals surface area (Å²) in [5, 5.41) is 0.523. The summed E-state index contributed by atoms with van der Waals surface area (Å²) in [6.45, 7) is 3.16. The lowest BCUT2D eigenvalue weighted by molar-refractivity contribution is 0.100. The number of halogens is 1. The van der Waals surface area contributed by atoms with Crippen LogP contribution in [0.25, 0.3) is 11.1 Å². The van der Waals surface area contributed by atoms with E-state index in [4.69, 9.17) is 18.0 Å². The molecule has 0 aliphatic carbocycles. The van der Waals surface area contributed by atoms with Gasteiger partial charge in [0.15, 0.2) is 9.84 Å². The number of rotatable bonds is 3. The van der Waals surface area contributed by atoms with Crippen molar-refractivity contribution in [2.24, 2.45) is 4.99 Å². The molecule has 0 N–H and O–H groups in total. The minimum Gasteiger partial charge on any atom is -0.267 e. The highest BCUT2D eigenvalue weighted by Crippen LogP contribution is 2.33. The Hall–Kier alpha value is -2.42. The van der Waals surface area contributed by atoms with Crippen LogP contribution < -0.4 is 0 Å². The van der Waals surface area contributed by atoms with Crippen molar-refractivity contribution in [3.63, 3.8) is 0 Å². The summed E-state index contributed by atoms with van der Waals surface area (Å²) in [4.78, 5) is 15.0. The number of carbonyl (C=O) groups is 1. The number of hydrogen-bond acceptors (Lipinski definition) is 3. The van der Waals surface area contributed by atoms with Gasteiger partial charge < -0.3 is 0 Å². The van der Waals surface area contributed by atoms with Gasteiger partial charge in [0.25, 0.3) is 5.91 Å². The Morgan fingerprint density at radius 1 is 1.22 bits per heavy atom. The number of nitrogens with zero attached hydrogens (tertiary/aromatic N) is 1. The first-order chi connectivity index (χ1) is 10.8. The molecule has 0 bridgehead atoms. The molecule has 2 rings (SSSR count). The molecule has 0 heterocycles. The Labute approximate surface area is 139 Å². The normalized spacial score (nSPS) is 10.8. The molecular formula is C17H12ClNO3S. The van der Waals surface area contributed by atoms with Gasteiger partial charge in [-0.05, 0) is 30.5 Å². The van der Waals surface area contributed by atoms with Gasteiger partial charge in [-0.25, -0.2) is 13.4 Å². The van der Waals surface area contributed by atoms with Gasteiger partial charge in [0.05, 0.1) is 16.0 Å². The largest absolute Gasteiger partial charge is 0.277 e. The zero-order valence-electron chi connectivity index (χ0n) is 12.2. The quantitative estimate of drug-likeness (QED) is 0.633. The smallest absolute Gasteiger partial charge is 0.267 e. The molecule has 0 atom stereocenters. The lowest BCUT2D eigenvalue weighted by Crippen LogP contribution is -2.08. The van der Waals surface area contributed by atoms with Crippen LogP contribution in [-0.4, -0.2) is 27.3 Å². The van der Waals surface area contributed by atoms with Gasteiger partial charge in [0.2, 0.25) is 0 Å². The average molecular weight is 346 g/mol. The average Bonchev–Trinajstić information content (AvgIpc) is 2.52. The molecule has 0 aliphatic heterocycles. The summed E-state index contributed by atoms with van der Waals surface area (Å²) in [5.41, 5.74) is 1.03. The van der Waals surface area contributed by atoms with Crippen LogP contribution in [0.15, 0.2) is 46.3 Å². The standard InChI is InChI=1S/C17H12ClNO3S/c1-4-13-15(17(20)19-2)10-9-14(16(13)23(3,21)22)11-5-7-12(18)8-6-11/h1,5-10H,2H2,3H3. The summed E-state index contributed by atoms with van der Waals surface area (Å²) in [6.07, 6.45) is 6.50. The topological polar surface area (TPSA) is 63.6 Å². The first kappa shape index (κ1) is 16.9. The van der Waals surface area contributed by atoms with Crippen molar-refractivity contribution in [3.05, 3.63) is 52.5 Å². The van der Waals surface area contributed by atoms with Crippen LogP contribution in [0.4, 0.5) is 0 Å². The van der Waals surface area contributed by atoms with Crippen LogP contribution in [0.5, 0.6) is 0 Å². The molecule has 0 aromatic heterocycles. The third-order valence-corrected chi connectivity index (χ3v) is 4.62. The molecule has 0 saturated carbocycles. The minimum atomic E-state index is -3.69. The monoisotopic (exact) mass is 345 g/mol. The van der Waals surface area contributed by atoms with E-state index >= 15 is 0 Å². The maximum Gasteiger partial charge on any atom is 0.277 e. The van der Waals surface area contributed by atoms with E-state index in [1.54, 1.807) is 24.3 Å². The number of aliphatic imine (C=N–C) groups is 1. The number of terminal acetylenes is 1. The molecule has 2 aromatic carbocycles. The summed E-state index contributed by atoms with van der Waals surface area (Å²) in [7, 11) is -3.69. The lowest BCUT2D eigenvalue weighted by Gasteiger charge is -2.13. The third kappa shape index (κ3) is 3.34. The van der Waals surface area contributed by atoms with Crippen LogP contribution in [0.2, 0.25) is 5.02 Å². The van der Waals surface area contributed by atoms with E-state index in [1.807, 2.05) is 0 Å². The Morgan fingerprint density at radius 2 is 1.83 bits per heavy atom. The molecule has 0 spiro atoms. The molecule has 6 heteroatoms. The Morgan fingerprint density at radius 3 is 2.30 bits per heavy atom. The predicted molar refractivity (Wildman–Crippen MR) is 91.8 cm³/mol. The fraction of sp³-hybridized carbons (Fsp3) is 0.0588. The van der Waals surface area contributed by atoms with Crippen molar-refractivity contribution in [1.82, 2.24) is 0 Å². The highest BCUT2D eigenvalue weighted by molar-refractivity contribution is 7.91. The van der Waals surface area contributed by atoms with Gasteiger partial charge >= 0.3 is 0 Å². The Kier molecular flexibility index (Phi) is 4.69. The van der Waals surface area contributed by atoms with Crippen molar-refractivity contribution in [1.29, 1.82) is 0 Å². The first-order valence-corrected chi connectivity index (χ1v) is 8.67. The summed E-state index contributed by atoms with van der Waals surface area (Å²) in [5.74, 6) is 1.62. The first-order valence-electron chi connectivity index (χ1n) is 6.40. The second-order valence-corrected chi connectivity index (χ2v) is 7.14. The maximum absolute atomic E-state index is 12.3. The molecule has 2 aromatic rings. The van der Waals surface area contributed by atoms with E-state index in [0.717, 1.165) is 6.26 Å². The molecule has 1 amide bonds. The van der Waals surface area contributed by atoms with Crippen LogP contribution >= 0.6 is 11.6 Å². The molecular weight excluding hydrogens is 334 g/mol. The van der Waals surface area contributed by atoms with Gasteiger partial charge in [-0.1, -0.05) is 35.7 Å². The molecule has 4 nitrogen and oxygen atoms in total. The SMILES string of the molecule is C#Cc1c(C(=O)N=C)ccc(-c2ccc(Cl)cc2)c1S(C)(=O)=O. The van der Waals surface area contributed by atoms with E-state index in [-0.39, 0.29) is 16.0 Å². The molecule has 0 fully saturated rings. The number of benzene rings is 2. The molecule has 0 unspecified atom stereocenters.